The van der Waals surface area contributed by atoms with Gasteiger partial charge in [0, 0.05) is 6.42 Å². The van der Waals surface area contributed by atoms with Gasteiger partial charge in [-0.3, -0.25) is 9.69 Å². The van der Waals surface area contributed by atoms with Crippen LogP contribution >= 0.6 is 0 Å². The van der Waals surface area contributed by atoms with Crippen LogP contribution in [-0.4, -0.2) is 70.2 Å². The lowest BCUT2D eigenvalue weighted by molar-refractivity contribution is -0.351. The Morgan fingerprint density at radius 1 is 1.23 bits per heavy atom. The number of benzene rings is 1. The first kappa shape index (κ1) is 22.5. The Hall–Kier alpha value is -2.20. The van der Waals surface area contributed by atoms with Crippen molar-refractivity contribution in [1.82, 2.24) is 4.90 Å². The Morgan fingerprint density at radius 3 is 2.60 bits per heavy atom. The molecular weight excluding hydrogens is 394 g/mol. The Balaban J connectivity index is 1.80. The zero-order valence-corrected chi connectivity index (χ0v) is 17.4. The number of rotatable bonds is 6. The Morgan fingerprint density at radius 2 is 1.93 bits per heavy atom. The molecule has 1 amide bonds. The van der Waals surface area contributed by atoms with Crippen LogP contribution in [0.2, 0.25) is 0 Å². The predicted molar refractivity (Wildman–Crippen MR) is 104 cm³/mol. The number of nitrogens with zero attached hydrogens (tertiary/aromatic N) is 1. The van der Waals surface area contributed by atoms with E-state index in [1.54, 1.807) is 32.9 Å². The van der Waals surface area contributed by atoms with Crippen molar-refractivity contribution in [2.75, 3.05) is 13.2 Å². The lowest BCUT2D eigenvalue weighted by atomic mass is 10.0. The molecule has 3 rings (SSSR count). The van der Waals surface area contributed by atoms with Crippen LogP contribution in [0.3, 0.4) is 0 Å². The summed E-state index contributed by atoms with van der Waals surface area (Å²) in [6.07, 6.45) is -3.15. The van der Waals surface area contributed by atoms with Gasteiger partial charge in [-0.15, -0.1) is 0 Å². The molecule has 0 unspecified atom stereocenters. The van der Waals surface area contributed by atoms with Gasteiger partial charge in [0.05, 0.1) is 12.6 Å². The van der Waals surface area contributed by atoms with E-state index in [0.29, 0.717) is 0 Å². The van der Waals surface area contributed by atoms with Gasteiger partial charge in [0.2, 0.25) is 0 Å². The SMILES string of the molecule is CCOC(=O)CC[C@H]1[C@H](O)[C@@H]2OC(C)(C)OC[C@]2(O)N1C(=O)OCc1ccccc1. The maximum Gasteiger partial charge on any atom is 0.412 e. The maximum absolute atomic E-state index is 13.0. The number of aliphatic hydroxyl groups excluding tert-OH is 1. The van der Waals surface area contributed by atoms with E-state index in [0.717, 1.165) is 10.5 Å². The third kappa shape index (κ3) is 4.59. The van der Waals surface area contributed by atoms with Gasteiger partial charge in [0.1, 0.15) is 25.4 Å². The lowest BCUT2D eigenvalue weighted by Gasteiger charge is -2.45. The quantitative estimate of drug-likeness (QED) is 0.663. The van der Waals surface area contributed by atoms with Gasteiger partial charge in [-0.2, -0.15) is 0 Å². The van der Waals surface area contributed by atoms with Crippen LogP contribution < -0.4 is 0 Å². The van der Waals surface area contributed by atoms with Crippen LogP contribution in [0.5, 0.6) is 0 Å². The number of fused-ring (bicyclic) bond motifs is 1. The summed E-state index contributed by atoms with van der Waals surface area (Å²) in [5.74, 6) is -1.50. The minimum atomic E-state index is -1.93. The summed E-state index contributed by atoms with van der Waals surface area (Å²) >= 11 is 0. The average molecular weight is 423 g/mol. The molecule has 2 aliphatic rings. The number of ether oxygens (including phenoxy) is 4. The summed E-state index contributed by atoms with van der Waals surface area (Å²) in [6, 6.07) is 8.18. The highest BCUT2D eigenvalue weighted by Crippen LogP contribution is 2.43. The molecule has 166 valence electrons. The van der Waals surface area contributed by atoms with Crippen LogP contribution in [0.1, 0.15) is 39.2 Å². The second-order valence-corrected chi connectivity index (χ2v) is 7.92. The van der Waals surface area contributed by atoms with Crippen molar-refractivity contribution >= 4 is 12.1 Å². The van der Waals surface area contributed by atoms with Crippen molar-refractivity contribution in [3.8, 4) is 0 Å². The van der Waals surface area contributed by atoms with E-state index in [-0.39, 0.29) is 32.7 Å². The number of likely N-dealkylation sites (tertiary alicyclic amines) is 1. The second-order valence-electron chi connectivity index (χ2n) is 7.92. The number of esters is 1. The molecule has 4 atom stereocenters. The first-order valence-corrected chi connectivity index (χ1v) is 10.1. The summed E-state index contributed by atoms with van der Waals surface area (Å²) in [7, 11) is 0. The molecule has 2 saturated heterocycles. The van der Waals surface area contributed by atoms with Crippen molar-refractivity contribution in [3.05, 3.63) is 35.9 Å². The molecule has 2 heterocycles. The first-order chi connectivity index (χ1) is 14.2. The van der Waals surface area contributed by atoms with E-state index in [2.05, 4.69) is 0 Å². The van der Waals surface area contributed by atoms with Crippen LogP contribution in [0, 0.1) is 0 Å². The molecule has 30 heavy (non-hydrogen) atoms. The van der Waals surface area contributed by atoms with E-state index in [1.165, 1.54) is 0 Å². The fourth-order valence-electron chi connectivity index (χ4n) is 3.87. The summed E-state index contributed by atoms with van der Waals surface area (Å²) in [6.45, 7) is 4.96. The van der Waals surface area contributed by atoms with Crippen LogP contribution in [-0.2, 0) is 30.3 Å². The molecule has 0 spiro atoms. The molecule has 0 aliphatic carbocycles. The molecule has 9 nitrogen and oxygen atoms in total. The Labute approximate surface area is 175 Å². The van der Waals surface area contributed by atoms with E-state index >= 15 is 0 Å². The van der Waals surface area contributed by atoms with Crippen LogP contribution in [0.15, 0.2) is 30.3 Å². The number of carbonyl (C=O) groups is 2. The van der Waals surface area contributed by atoms with Gasteiger partial charge in [0.15, 0.2) is 11.5 Å². The first-order valence-electron chi connectivity index (χ1n) is 10.1. The zero-order valence-electron chi connectivity index (χ0n) is 17.4. The van der Waals surface area contributed by atoms with Crippen molar-refractivity contribution in [1.29, 1.82) is 0 Å². The van der Waals surface area contributed by atoms with Gasteiger partial charge in [0.25, 0.3) is 0 Å². The van der Waals surface area contributed by atoms with Gasteiger partial charge < -0.3 is 29.2 Å². The molecule has 0 aromatic heterocycles. The monoisotopic (exact) mass is 423 g/mol. The van der Waals surface area contributed by atoms with Gasteiger partial charge >= 0.3 is 12.1 Å². The molecule has 1 aromatic rings. The number of aliphatic hydroxyl groups is 2. The lowest BCUT2D eigenvalue weighted by Crippen LogP contribution is -2.64. The largest absolute Gasteiger partial charge is 0.466 e. The minimum absolute atomic E-state index is 0.00911. The summed E-state index contributed by atoms with van der Waals surface area (Å²) in [5.41, 5.74) is -1.16. The number of carbonyl (C=O) groups excluding carboxylic acids is 2. The Kier molecular flexibility index (Phi) is 6.66. The van der Waals surface area contributed by atoms with Crippen molar-refractivity contribution in [2.45, 2.75) is 70.0 Å². The zero-order chi connectivity index (χ0) is 21.9. The molecule has 0 bridgehead atoms. The fourth-order valence-corrected chi connectivity index (χ4v) is 3.87. The molecule has 2 N–H and O–H groups in total. The smallest absolute Gasteiger partial charge is 0.412 e. The molecule has 9 heteroatoms. The van der Waals surface area contributed by atoms with Gasteiger partial charge in [-0.1, -0.05) is 30.3 Å². The van der Waals surface area contributed by atoms with Crippen molar-refractivity contribution in [3.63, 3.8) is 0 Å². The summed E-state index contributed by atoms with van der Waals surface area (Å²) in [5, 5.41) is 22.2. The van der Waals surface area contributed by atoms with Crippen LogP contribution in [0.25, 0.3) is 0 Å². The third-order valence-corrected chi connectivity index (χ3v) is 5.30. The minimum Gasteiger partial charge on any atom is -0.466 e. The molecule has 0 saturated carbocycles. The molecular formula is C21H29NO8. The van der Waals surface area contributed by atoms with Crippen LogP contribution in [0.4, 0.5) is 4.79 Å². The molecule has 2 aliphatic heterocycles. The normalized spacial score (nSPS) is 29.9. The highest BCUT2D eigenvalue weighted by atomic mass is 16.7. The topological polar surface area (TPSA) is 115 Å². The average Bonchev–Trinajstić information content (AvgIpc) is 2.92. The van der Waals surface area contributed by atoms with Crippen molar-refractivity contribution < 1.29 is 38.7 Å². The van der Waals surface area contributed by atoms with Gasteiger partial charge in [-0.25, -0.2) is 4.79 Å². The molecule has 2 fully saturated rings. The fraction of sp³-hybridized carbons (Fsp3) is 0.619. The standard InChI is InChI=1S/C21H29NO8/c1-4-27-16(23)11-10-15-17(24)18-21(26,13-29-20(2,3)30-18)22(15)19(25)28-12-14-8-6-5-7-9-14/h5-9,15,17-18,24,26H,4,10-13H2,1-3H3/t15-,17-,18-,21+/m0/s1. The summed E-state index contributed by atoms with van der Waals surface area (Å²) in [4.78, 5) is 25.8. The highest BCUT2D eigenvalue weighted by Gasteiger charge is 2.65. The summed E-state index contributed by atoms with van der Waals surface area (Å²) < 4.78 is 21.7. The van der Waals surface area contributed by atoms with E-state index in [4.69, 9.17) is 18.9 Å². The molecule has 1 aromatic carbocycles. The number of hydrogen-bond donors (Lipinski definition) is 2. The maximum atomic E-state index is 13.0. The predicted octanol–water partition coefficient (Wildman–Crippen LogP) is 1.55. The number of amides is 1. The van der Waals surface area contributed by atoms with Gasteiger partial charge in [-0.05, 0) is 32.8 Å². The highest BCUT2D eigenvalue weighted by molar-refractivity contribution is 5.71. The third-order valence-electron chi connectivity index (χ3n) is 5.30. The van der Waals surface area contributed by atoms with E-state index in [9.17, 15) is 19.8 Å². The molecule has 0 radical (unpaired) electrons. The van der Waals surface area contributed by atoms with E-state index in [1.807, 2.05) is 18.2 Å². The Bertz CT molecular complexity index is 755. The van der Waals surface area contributed by atoms with E-state index < -0.39 is 41.8 Å². The second kappa shape index (κ2) is 8.89. The number of hydrogen-bond acceptors (Lipinski definition) is 8. The van der Waals surface area contributed by atoms with Crippen molar-refractivity contribution in [2.24, 2.45) is 0 Å².